The van der Waals surface area contributed by atoms with E-state index in [0.29, 0.717) is 18.1 Å². The molecule has 3 aromatic rings. The fourth-order valence-corrected chi connectivity index (χ4v) is 4.71. The molecule has 0 saturated heterocycles. The van der Waals surface area contributed by atoms with E-state index in [1.54, 1.807) is 31.2 Å². The highest BCUT2D eigenvalue weighted by molar-refractivity contribution is 7.89. The molecule has 0 fully saturated rings. The Hall–Kier alpha value is -3.10. The summed E-state index contributed by atoms with van der Waals surface area (Å²) in [4.78, 5) is 12.7. The second-order valence-electron chi connectivity index (χ2n) is 6.90. The van der Waals surface area contributed by atoms with E-state index in [-0.39, 0.29) is 18.0 Å². The quantitative estimate of drug-likeness (QED) is 0.517. The molecule has 7 nitrogen and oxygen atoms in total. The lowest BCUT2D eigenvalue weighted by Gasteiger charge is -2.28. The van der Waals surface area contributed by atoms with Gasteiger partial charge in [-0.3, -0.25) is 4.79 Å². The Kier molecular flexibility index (Phi) is 7.49. The van der Waals surface area contributed by atoms with Gasteiger partial charge in [0.15, 0.2) is 0 Å². The summed E-state index contributed by atoms with van der Waals surface area (Å²) in [5.41, 5.74) is 0.788. The molecule has 1 heterocycles. The number of carbonyl (C=O) groups excluding carboxylic acids is 1. The molecule has 0 radical (unpaired) electrons. The standard InChI is InChI=1S/C23H26N2O5S/c1-3-29-20-11-13-22(14-12-20)31(27,28)25(18(2)19-8-5-4-6-9-19)17-23(26)24-16-21-10-7-15-30-21/h4-15,18H,3,16-17H2,1-2H3,(H,24,26)/t18-/m0/s1. The number of nitrogens with zero attached hydrogens (tertiary/aromatic N) is 1. The molecule has 2 aromatic carbocycles. The van der Waals surface area contributed by atoms with Gasteiger partial charge in [-0.25, -0.2) is 8.42 Å². The number of carbonyl (C=O) groups is 1. The SMILES string of the molecule is CCOc1ccc(S(=O)(=O)N(CC(=O)NCc2ccco2)[C@@H](C)c2ccccc2)cc1. The molecule has 31 heavy (non-hydrogen) atoms. The van der Waals surface area contributed by atoms with Gasteiger partial charge in [-0.2, -0.15) is 4.31 Å². The maximum Gasteiger partial charge on any atom is 0.244 e. The zero-order valence-electron chi connectivity index (χ0n) is 17.5. The highest BCUT2D eigenvalue weighted by Crippen LogP contribution is 2.28. The summed E-state index contributed by atoms with van der Waals surface area (Å²) >= 11 is 0. The van der Waals surface area contributed by atoms with E-state index in [9.17, 15) is 13.2 Å². The van der Waals surface area contributed by atoms with Crippen LogP contribution in [0.3, 0.4) is 0 Å². The van der Waals surface area contributed by atoms with Crippen molar-refractivity contribution in [2.24, 2.45) is 0 Å². The largest absolute Gasteiger partial charge is 0.494 e. The van der Waals surface area contributed by atoms with E-state index in [1.807, 2.05) is 37.3 Å². The molecule has 0 aliphatic rings. The number of ether oxygens (including phenoxy) is 1. The van der Waals surface area contributed by atoms with Crippen LogP contribution in [0.5, 0.6) is 5.75 Å². The number of amides is 1. The minimum Gasteiger partial charge on any atom is -0.494 e. The number of rotatable bonds is 10. The first-order valence-electron chi connectivity index (χ1n) is 10.0. The van der Waals surface area contributed by atoms with Crippen LogP contribution in [0.25, 0.3) is 0 Å². The van der Waals surface area contributed by atoms with Crippen LogP contribution in [-0.2, 0) is 21.4 Å². The summed E-state index contributed by atoms with van der Waals surface area (Å²) < 4.78 is 38.8. The van der Waals surface area contributed by atoms with Gasteiger partial charge in [0.2, 0.25) is 15.9 Å². The van der Waals surface area contributed by atoms with Gasteiger partial charge in [0.25, 0.3) is 0 Å². The third-order valence-electron chi connectivity index (χ3n) is 4.79. The van der Waals surface area contributed by atoms with Crippen molar-refractivity contribution in [3.63, 3.8) is 0 Å². The van der Waals surface area contributed by atoms with Crippen LogP contribution in [0.2, 0.25) is 0 Å². The second-order valence-corrected chi connectivity index (χ2v) is 8.79. The lowest BCUT2D eigenvalue weighted by atomic mass is 10.1. The molecule has 1 N–H and O–H groups in total. The predicted octanol–water partition coefficient (Wildman–Crippen LogP) is 3.75. The number of hydrogen-bond acceptors (Lipinski definition) is 5. The molecule has 1 atom stereocenters. The normalized spacial score (nSPS) is 12.5. The summed E-state index contributed by atoms with van der Waals surface area (Å²) in [6.07, 6.45) is 1.52. The molecule has 0 bridgehead atoms. The van der Waals surface area contributed by atoms with Gasteiger partial charge in [0.05, 0.1) is 30.9 Å². The molecule has 3 rings (SSSR count). The number of hydrogen-bond donors (Lipinski definition) is 1. The average Bonchev–Trinajstić information content (AvgIpc) is 3.30. The first-order chi connectivity index (χ1) is 14.9. The van der Waals surface area contributed by atoms with E-state index in [1.165, 1.54) is 22.7 Å². The molecule has 1 amide bonds. The van der Waals surface area contributed by atoms with Crippen LogP contribution < -0.4 is 10.1 Å². The molecule has 1 aromatic heterocycles. The van der Waals surface area contributed by atoms with Gasteiger partial charge < -0.3 is 14.5 Å². The van der Waals surface area contributed by atoms with Gasteiger partial charge >= 0.3 is 0 Å². The van der Waals surface area contributed by atoms with Crippen molar-refractivity contribution in [3.05, 3.63) is 84.3 Å². The number of furan rings is 1. The van der Waals surface area contributed by atoms with Crippen molar-refractivity contribution in [2.45, 2.75) is 31.3 Å². The average molecular weight is 443 g/mol. The van der Waals surface area contributed by atoms with E-state index in [0.717, 1.165) is 5.56 Å². The number of benzene rings is 2. The number of nitrogens with one attached hydrogen (secondary N) is 1. The third kappa shape index (κ3) is 5.74. The Morgan fingerprint density at radius 3 is 2.39 bits per heavy atom. The fourth-order valence-electron chi connectivity index (χ4n) is 3.13. The third-order valence-corrected chi connectivity index (χ3v) is 6.73. The van der Waals surface area contributed by atoms with E-state index < -0.39 is 22.0 Å². The fraction of sp³-hybridized carbons (Fsp3) is 0.261. The van der Waals surface area contributed by atoms with Crippen LogP contribution >= 0.6 is 0 Å². The second kappa shape index (κ2) is 10.3. The highest BCUT2D eigenvalue weighted by Gasteiger charge is 2.32. The van der Waals surface area contributed by atoms with Crippen LogP contribution in [0.15, 0.2) is 82.3 Å². The van der Waals surface area contributed by atoms with Gasteiger partial charge in [-0.15, -0.1) is 0 Å². The summed E-state index contributed by atoms with van der Waals surface area (Å²) in [7, 11) is -3.95. The topological polar surface area (TPSA) is 88.9 Å². The van der Waals surface area contributed by atoms with Gasteiger partial charge in [-0.1, -0.05) is 30.3 Å². The minimum absolute atomic E-state index is 0.0950. The Balaban J connectivity index is 1.85. The molecular weight excluding hydrogens is 416 g/mol. The Bertz CT molecular complexity index is 1060. The lowest BCUT2D eigenvalue weighted by Crippen LogP contribution is -2.41. The van der Waals surface area contributed by atoms with Crippen LogP contribution in [0, 0.1) is 0 Å². The molecular formula is C23H26N2O5S. The van der Waals surface area contributed by atoms with E-state index in [4.69, 9.17) is 9.15 Å². The van der Waals surface area contributed by atoms with Crippen molar-refractivity contribution in [2.75, 3.05) is 13.2 Å². The van der Waals surface area contributed by atoms with Gasteiger partial charge in [0.1, 0.15) is 11.5 Å². The van der Waals surface area contributed by atoms with Crippen molar-refractivity contribution in [3.8, 4) is 5.75 Å². The van der Waals surface area contributed by atoms with E-state index in [2.05, 4.69) is 5.32 Å². The molecule has 0 saturated carbocycles. The summed E-state index contributed by atoms with van der Waals surface area (Å²) in [5, 5.41) is 2.71. The molecule has 0 spiro atoms. The number of sulfonamides is 1. The molecule has 8 heteroatoms. The Morgan fingerprint density at radius 2 is 1.77 bits per heavy atom. The van der Waals surface area contributed by atoms with Crippen LogP contribution in [-0.4, -0.2) is 31.8 Å². The minimum atomic E-state index is -3.95. The highest BCUT2D eigenvalue weighted by atomic mass is 32.2. The molecule has 0 unspecified atom stereocenters. The maximum atomic E-state index is 13.5. The van der Waals surface area contributed by atoms with Crippen molar-refractivity contribution < 1.29 is 22.4 Å². The van der Waals surface area contributed by atoms with E-state index >= 15 is 0 Å². The Morgan fingerprint density at radius 1 is 1.06 bits per heavy atom. The summed E-state index contributed by atoms with van der Waals surface area (Å²) in [5.74, 6) is 0.749. The zero-order chi connectivity index (χ0) is 22.3. The van der Waals surface area contributed by atoms with Crippen molar-refractivity contribution in [1.82, 2.24) is 9.62 Å². The van der Waals surface area contributed by atoms with Crippen LogP contribution in [0.1, 0.15) is 31.2 Å². The monoisotopic (exact) mass is 442 g/mol. The maximum absolute atomic E-state index is 13.5. The molecule has 164 valence electrons. The molecule has 0 aliphatic carbocycles. The zero-order valence-corrected chi connectivity index (χ0v) is 18.3. The van der Waals surface area contributed by atoms with Crippen molar-refractivity contribution in [1.29, 1.82) is 0 Å². The van der Waals surface area contributed by atoms with Gasteiger partial charge in [0, 0.05) is 6.04 Å². The summed E-state index contributed by atoms with van der Waals surface area (Å²) in [6.45, 7) is 3.96. The first-order valence-corrected chi connectivity index (χ1v) is 11.4. The Labute approximate surface area is 182 Å². The van der Waals surface area contributed by atoms with Gasteiger partial charge in [-0.05, 0) is 55.8 Å². The van der Waals surface area contributed by atoms with Crippen molar-refractivity contribution >= 4 is 15.9 Å². The smallest absolute Gasteiger partial charge is 0.244 e. The first kappa shape index (κ1) is 22.6. The summed E-state index contributed by atoms with van der Waals surface area (Å²) in [6, 6.07) is 18.3. The van der Waals surface area contributed by atoms with Crippen LogP contribution in [0.4, 0.5) is 0 Å². The molecule has 0 aliphatic heterocycles. The lowest BCUT2D eigenvalue weighted by molar-refractivity contribution is -0.121. The predicted molar refractivity (Wildman–Crippen MR) is 117 cm³/mol.